The highest BCUT2D eigenvalue weighted by atomic mass is 15.1. The van der Waals surface area contributed by atoms with Crippen molar-refractivity contribution in [2.45, 2.75) is 0 Å². The number of para-hydroxylation sites is 4. The van der Waals surface area contributed by atoms with Crippen LogP contribution in [0.2, 0.25) is 0 Å². The maximum absolute atomic E-state index is 5.44. The van der Waals surface area contributed by atoms with Gasteiger partial charge in [0.15, 0.2) is 17.5 Å². The molecule has 0 saturated heterocycles. The Balaban J connectivity index is 1.12. The van der Waals surface area contributed by atoms with Gasteiger partial charge in [0.25, 0.3) is 0 Å². The maximum Gasteiger partial charge on any atom is 0.166 e. The minimum absolute atomic E-state index is 0.605. The quantitative estimate of drug-likeness (QED) is 0.169. The van der Waals surface area contributed by atoms with Crippen LogP contribution in [0.5, 0.6) is 0 Å². The van der Waals surface area contributed by atoms with E-state index in [2.05, 4.69) is 215 Å². The Labute approximate surface area is 346 Å². The molecule has 12 aromatic rings. The Hall–Kier alpha value is -8.15. The highest BCUT2D eigenvalue weighted by molar-refractivity contribution is 6.16. The van der Waals surface area contributed by atoms with Crippen molar-refractivity contribution in [2.24, 2.45) is 0 Å². The molecular formula is C55H35N5. The Kier molecular flexibility index (Phi) is 7.78. The normalized spacial score (nSPS) is 11.7. The zero-order valence-corrected chi connectivity index (χ0v) is 32.4. The van der Waals surface area contributed by atoms with E-state index in [-0.39, 0.29) is 0 Å². The van der Waals surface area contributed by atoms with Crippen LogP contribution in [0.1, 0.15) is 0 Å². The Morgan fingerprint density at radius 3 is 1.62 bits per heavy atom. The molecule has 0 spiro atoms. The number of hydrogen-bond donors (Lipinski definition) is 0. The lowest BCUT2D eigenvalue weighted by Crippen LogP contribution is -2.04. The van der Waals surface area contributed by atoms with Gasteiger partial charge < -0.3 is 9.13 Å². The monoisotopic (exact) mass is 765 g/mol. The zero-order chi connectivity index (χ0) is 39.6. The molecule has 0 saturated carbocycles. The number of benzene rings is 9. The molecular weight excluding hydrogens is 731 g/mol. The van der Waals surface area contributed by atoms with Crippen molar-refractivity contribution in [1.82, 2.24) is 24.1 Å². The van der Waals surface area contributed by atoms with E-state index < -0.39 is 0 Å². The van der Waals surface area contributed by atoms with E-state index in [0.717, 1.165) is 72.0 Å². The van der Waals surface area contributed by atoms with Gasteiger partial charge >= 0.3 is 0 Å². The molecule has 0 N–H and O–H groups in total. The molecule has 0 amide bonds. The molecule has 0 radical (unpaired) electrons. The van der Waals surface area contributed by atoms with Gasteiger partial charge in [-0.15, -0.1) is 0 Å². The number of nitrogens with zero attached hydrogens (tertiary/aromatic N) is 5. The molecule has 3 heterocycles. The van der Waals surface area contributed by atoms with Gasteiger partial charge in [-0.3, -0.25) is 0 Å². The highest BCUT2D eigenvalue weighted by Crippen LogP contribution is 2.41. The van der Waals surface area contributed by atoms with E-state index in [4.69, 9.17) is 15.0 Å². The van der Waals surface area contributed by atoms with Crippen LogP contribution in [0.15, 0.2) is 212 Å². The second-order valence-electron chi connectivity index (χ2n) is 15.2. The van der Waals surface area contributed by atoms with Crippen LogP contribution in [-0.2, 0) is 0 Å². The van der Waals surface area contributed by atoms with Crippen molar-refractivity contribution in [2.75, 3.05) is 0 Å². The van der Waals surface area contributed by atoms with Crippen molar-refractivity contribution in [3.63, 3.8) is 0 Å². The van der Waals surface area contributed by atoms with E-state index >= 15 is 0 Å². The van der Waals surface area contributed by atoms with E-state index in [1.54, 1.807) is 0 Å². The molecule has 0 aliphatic carbocycles. The van der Waals surface area contributed by atoms with Crippen molar-refractivity contribution in [1.29, 1.82) is 0 Å². The van der Waals surface area contributed by atoms with E-state index in [9.17, 15) is 0 Å². The fourth-order valence-electron chi connectivity index (χ4n) is 9.02. The first-order valence-electron chi connectivity index (χ1n) is 20.3. The highest BCUT2D eigenvalue weighted by Gasteiger charge is 2.22. The van der Waals surface area contributed by atoms with Crippen molar-refractivity contribution in [3.05, 3.63) is 212 Å². The lowest BCUT2D eigenvalue weighted by atomic mass is 10.0. The van der Waals surface area contributed by atoms with Gasteiger partial charge in [0.1, 0.15) is 0 Å². The maximum atomic E-state index is 5.44. The number of aromatic nitrogens is 5. The average molecular weight is 766 g/mol. The van der Waals surface area contributed by atoms with Crippen LogP contribution >= 0.6 is 0 Å². The molecule has 5 heteroatoms. The molecule has 5 nitrogen and oxygen atoms in total. The van der Waals surface area contributed by atoms with Crippen LogP contribution in [-0.4, -0.2) is 24.1 Å². The molecule has 60 heavy (non-hydrogen) atoms. The van der Waals surface area contributed by atoms with Gasteiger partial charge in [0.05, 0.1) is 27.8 Å². The molecule has 280 valence electrons. The fourth-order valence-corrected chi connectivity index (χ4v) is 9.02. The molecule has 0 unspecified atom stereocenters. The van der Waals surface area contributed by atoms with Crippen LogP contribution in [0.4, 0.5) is 0 Å². The third-order valence-electron chi connectivity index (χ3n) is 11.8. The third-order valence-corrected chi connectivity index (χ3v) is 11.8. The average Bonchev–Trinajstić information content (AvgIpc) is 3.83. The van der Waals surface area contributed by atoms with Gasteiger partial charge in [-0.25, -0.2) is 15.0 Å². The predicted molar refractivity (Wildman–Crippen MR) is 248 cm³/mol. The minimum atomic E-state index is 0.605. The van der Waals surface area contributed by atoms with Crippen LogP contribution in [0, 0.1) is 0 Å². The summed E-state index contributed by atoms with van der Waals surface area (Å²) in [6.45, 7) is 0. The van der Waals surface area contributed by atoms with Crippen molar-refractivity contribution in [3.8, 4) is 56.7 Å². The Morgan fingerprint density at radius 2 is 0.833 bits per heavy atom. The molecule has 0 aliphatic heterocycles. The fraction of sp³-hybridized carbons (Fsp3) is 0. The first-order valence-corrected chi connectivity index (χ1v) is 20.3. The van der Waals surface area contributed by atoms with Gasteiger partial charge in [-0.1, -0.05) is 158 Å². The predicted octanol–water partition coefficient (Wildman–Crippen LogP) is 13.9. The molecule has 0 fully saturated rings. The molecule has 0 atom stereocenters. The summed E-state index contributed by atoms with van der Waals surface area (Å²) in [4.78, 5) is 16.1. The minimum Gasteiger partial charge on any atom is -0.309 e. The number of fused-ring (bicyclic) bond motifs is 7. The first kappa shape index (κ1) is 33.9. The SMILES string of the molecule is c1ccc(-c2ccc(-c3nc(-c4ccccc4-n4c5ccccc5c5cc6ccccc6cc54)nc(-c4cccc5c4c4ccccc4n5-c4ccccc4)n3)cc2)cc1. The largest absolute Gasteiger partial charge is 0.309 e. The number of rotatable bonds is 6. The van der Waals surface area contributed by atoms with Gasteiger partial charge in [-0.05, 0) is 76.5 Å². The summed E-state index contributed by atoms with van der Waals surface area (Å²) in [5.41, 5.74) is 11.7. The van der Waals surface area contributed by atoms with Crippen LogP contribution in [0.25, 0.3) is 111 Å². The topological polar surface area (TPSA) is 48.5 Å². The molecule has 12 rings (SSSR count). The smallest absolute Gasteiger partial charge is 0.166 e. The number of hydrogen-bond acceptors (Lipinski definition) is 3. The first-order chi connectivity index (χ1) is 29.8. The van der Waals surface area contributed by atoms with Crippen molar-refractivity contribution >= 4 is 54.4 Å². The van der Waals surface area contributed by atoms with Gasteiger partial charge in [0, 0.05) is 43.9 Å². The second-order valence-corrected chi connectivity index (χ2v) is 15.2. The van der Waals surface area contributed by atoms with E-state index in [0.29, 0.717) is 17.5 Å². The summed E-state index contributed by atoms with van der Waals surface area (Å²) in [7, 11) is 0. The molecule has 0 bridgehead atoms. The molecule has 0 aliphatic rings. The summed E-state index contributed by atoms with van der Waals surface area (Å²) in [6, 6.07) is 75.0. The van der Waals surface area contributed by atoms with Crippen LogP contribution in [0.3, 0.4) is 0 Å². The second kappa shape index (κ2) is 13.8. The Bertz CT molecular complexity index is 3580. The zero-order valence-electron chi connectivity index (χ0n) is 32.4. The molecule has 9 aromatic carbocycles. The standard InChI is InChI=1S/C55H35N5/c1-3-16-36(17-4-1)37-30-32-38(33-31-37)53-56-54(58-55(57-53)45-25-15-29-50-52(45)43-23-10-13-27-48(43)59(50)41-20-5-2-6-21-41)44-24-11-14-28-49(44)60-47-26-12-9-22-42(47)46-34-39-18-7-8-19-40(39)35-51(46)60/h1-35H. The van der Waals surface area contributed by atoms with Gasteiger partial charge in [0.2, 0.25) is 0 Å². The molecule has 3 aromatic heterocycles. The lowest BCUT2D eigenvalue weighted by molar-refractivity contribution is 1.07. The van der Waals surface area contributed by atoms with Gasteiger partial charge in [-0.2, -0.15) is 0 Å². The lowest BCUT2D eigenvalue weighted by Gasteiger charge is -2.15. The summed E-state index contributed by atoms with van der Waals surface area (Å²) >= 11 is 0. The summed E-state index contributed by atoms with van der Waals surface area (Å²) < 4.78 is 4.71. The summed E-state index contributed by atoms with van der Waals surface area (Å²) in [5, 5.41) is 7.05. The summed E-state index contributed by atoms with van der Waals surface area (Å²) in [6.07, 6.45) is 0. The Morgan fingerprint density at radius 1 is 0.300 bits per heavy atom. The van der Waals surface area contributed by atoms with E-state index in [1.165, 1.54) is 21.5 Å². The summed E-state index contributed by atoms with van der Waals surface area (Å²) in [5.74, 6) is 1.83. The van der Waals surface area contributed by atoms with Crippen LogP contribution < -0.4 is 0 Å². The van der Waals surface area contributed by atoms with E-state index in [1.807, 2.05) is 6.07 Å². The van der Waals surface area contributed by atoms with Crippen molar-refractivity contribution < 1.29 is 0 Å². The third kappa shape index (κ3) is 5.44.